The maximum absolute atomic E-state index is 13.3. The third-order valence-electron chi connectivity index (χ3n) is 16.8. The summed E-state index contributed by atoms with van der Waals surface area (Å²) in [6, 6.07) is -5.68. The molecule has 7 aliphatic rings. The van der Waals surface area contributed by atoms with Crippen LogP contribution in [0.2, 0.25) is 0 Å². The van der Waals surface area contributed by atoms with Gasteiger partial charge < -0.3 is 175 Å². The highest BCUT2D eigenvalue weighted by molar-refractivity contribution is 7.80. The minimum atomic E-state index is -5.54. The SMILES string of the molecule is CC(=O)N[C@H]1[C@H](OC[C@H]2OC(O)[C@H](NC(C)=O)[C@@H](O[C@@H]3O[C@H](CO)[C@H](O)[C@H](O[C@]4(C(=O)O)C[C@H](O)[C@@H](NC(C)=O)[C@H]([C@H](O)[C@H](O)CO)O4)[C@H]3O)[C@H]2O)O[C@H](COS(=O)(=O)O)[C@@H](O[C@@H]2O[C@H](CO)[C@H](O)[C@H](O)[C@H]2O[C@@H]2O[C@@H](C)[C@@H](O)[C@@H](O)[C@@H]2O)[C@@H]1O[C@@H]1O[C@@H](C)[C@@H](O)[C@@H](O)[C@@H]1O. The fourth-order valence-corrected chi connectivity index (χ4v) is 12.1. The summed E-state index contributed by atoms with van der Waals surface area (Å²) in [4.78, 5) is 51.3. The fourth-order valence-electron chi connectivity index (χ4n) is 11.8. The standard InChI is InChI=1S/C51H85N3O40S/c1-12-26(63)32(69)35(72)46(83-12)91-41-25(54-16(5)60)45(88-22(11-82-95(78,79)80)38(41)89-49-43(34(71)29(66)19(8-56)87-49)92-47-36(73)33(70)27(64)13(2)84-47)81-10-21-31(68)39(24(44(75)85-21)53-15(4)59)90-48-37(74)42(30(67)20(9-57)86-48)94-51(50(76)77)6-17(61)23(52-14(3)58)40(93-51)28(65)18(62)7-55/h12-13,17-49,55-57,61-75H,6-11H2,1-5H3,(H,52,58)(H,53,59)(H,54,60)(H,76,77)(H,78,79,80)/t12-,13-,17-,18+,19+,20+,21+,22+,23+,24+,25+,26+,27+,28+,29-,30-,31-,32+,33+,34-,35-,36-,37+,38+,39+,40+,41+,42-,43+,44?,45+,46-,47-,48-,49-,51-/m0/s1. The van der Waals surface area contributed by atoms with Gasteiger partial charge in [-0.3, -0.25) is 18.9 Å². The van der Waals surface area contributed by atoms with Crippen LogP contribution in [0.3, 0.4) is 0 Å². The molecule has 43 nitrogen and oxygen atoms in total. The normalized spacial score (nSPS) is 46.6. The van der Waals surface area contributed by atoms with E-state index in [1.807, 2.05) is 0 Å². The van der Waals surface area contributed by atoms with Gasteiger partial charge in [-0.15, -0.1) is 0 Å². The Morgan fingerprint density at radius 2 is 0.979 bits per heavy atom. The van der Waals surface area contributed by atoms with Crippen molar-refractivity contribution in [1.82, 2.24) is 16.0 Å². The average molecular weight is 1410 g/mol. The van der Waals surface area contributed by atoms with E-state index in [0.29, 0.717) is 0 Å². The number of carboxylic acids is 1. The van der Waals surface area contributed by atoms with Crippen LogP contribution in [0.25, 0.3) is 0 Å². The second-order valence-corrected chi connectivity index (χ2v) is 24.8. The summed E-state index contributed by atoms with van der Waals surface area (Å²) in [6.45, 7) is -0.816. The summed E-state index contributed by atoms with van der Waals surface area (Å²) in [6.07, 6.45) is -68.4. The van der Waals surface area contributed by atoms with Crippen LogP contribution >= 0.6 is 0 Å². The number of hydrogen-bond donors (Lipinski definition) is 23. The van der Waals surface area contributed by atoms with Crippen molar-refractivity contribution in [3.63, 3.8) is 0 Å². The molecule has 36 atom stereocenters. The van der Waals surface area contributed by atoms with Crippen molar-refractivity contribution in [1.29, 1.82) is 0 Å². The van der Waals surface area contributed by atoms with Gasteiger partial charge in [-0.2, -0.15) is 8.42 Å². The number of nitrogens with one attached hydrogen (secondary N) is 3. The summed E-state index contributed by atoms with van der Waals surface area (Å²) < 4.78 is 115. The first kappa shape index (κ1) is 78.8. The maximum Gasteiger partial charge on any atom is 0.397 e. The van der Waals surface area contributed by atoms with Crippen molar-refractivity contribution in [2.24, 2.45) is 0 Å². The molecule has 23 N–H and O–H groups in total. The van der Waals surface area contributed by atoms with Gasteiger partial charge in [0.15, 0.2) is 37.7 Å². The van der Waals surface area contributed by atoms with Gasteiger partial charge in [-0.1, -0.05) is 0 Å². The van der Waals surface area contributed by atoms with Crippen LogP contribution in [0.5, 0.6) is 0 Å². The second kappa shape index (κ2) is 32.9. The zero-order valence-electron chi connectivity index (χ0n) is 51.0. The number of amides is 3. The van der Waals surface area contributed by atoms with Crippen molar-refractivity contribution in [3.05, 3.63) is 0 Å². The quantitative estimate of drug-likeness (QED) is 0.0377. The van der Waals surface area contributed by atoms with Crippen LogP contribution in [0, 0.1) is 0 Å². The minimum Gasteiger partial charge on any atom is -0.477 e. The van der Waals surface area contributed by atoms with E-state index in [4.69, 9.17) is 65.8 Å². The summed E-state index contributed by atoms with van der Waals surface area (Å²) >= 11 is 0. The number of rotatable bonds is 25. The van der Waals surface area contributed by atoms with Crippen LogP contribution in [-0.4, -0.2) is 387 Å². The second-order valence-electron chi connectivity index (χ2n) is 23.7. The summed E-state index contributed by atoms with van der Waals surface area (Å²) in [5.74, 6) is -8.26. The molecule has 550 valence electrons. The molecule has 0 spiro atoms. The topological polar surface area (TPSA) is 672 Å². The van der Waals surface area contributed by atoms with Crippen LogP contribution in [0.4, 0.5) is 0 Å². The van der Waals surface area contributed by atoms with Gasteiger partial charge in [0.1, 0.15) is 152 Å². The molecule has 1 unspecified atom stereocenters. The molecular formula is C51H85N3O40S. The van der Waals surface area contributed by atoms with Gasteiger partial charge in [0, 0.05) is 27.2 Å². The highest BCUT2D eigenvalue weighted by Crippen LogP contribution is 2.41. The monoisotopic (exact) mass is 1410 g/mol. The summed E-state index contributed by atoms with van der Waals surface area (Å²) in [5.41, 5.74) is 0. The first-order valence-corrected chi connectivity index (χ1v) is 31.0. The van der Waals surface area contributed by atoms with Crippen molar-refractivity contribution in [3.8, 4) is 0 Å². The van der Waals surface area contributed by atoms with E-state index in [1.54, 1.807) is 0 Å². The first-order valence-electron chi connectivity index (χ1n) is 29.6. The van der Waals surface area contributed by atoms with Crippen LogP contribution < -0.4 is 16.0 Å². The molecule has 95 heavy (non-hydrogen) atoms. The molecule has 7 rings (SSSR count). The smallest absolute Gasteiger partial charge is 0.397 e. The predicted molar refractivity (Wildman–Crippen MR) is 291 cm³/mol. The Morgan fingerprint density at radius 3 is 1.51 bits per heavy atom. The van der Waals surface area contributed by atoms with Crippen LogP contribution in [-0.2, 0) is 95.3 Å². The van der Waals surface area contributed by atoms with Gasteiger partial charge in [-0.25, -0.2) is 8.98 Å². The highest BCUT2D eigenvalue weighted by Gasteiger charge is 2.62. The number of aliphatic carboxylic acids is 1. The summed E-state index contributed by atoms with van der Waals surface area (Å²) in [7, 11) is -5.54. The summed E-state index contributed by atoms with van der Waals surface area (Å²) in [5, 5.41) is 215. The van der Waals surface area contributed by atoms with Gasteiger partial charge in [0.2, 0.25) is 17.7 Å². The van der Waals surface area contributed by atoms with E-state index < -0.39 is 294 Å². The Labute approximate surface area is 538 Å². The highest BCUT2D eigenvalue weighted by atomic mass is 32.3. The third-order valence-corrected chi connectivity index (χ3v) is 17.3. The van der Waals surface area contributed by atoms with Gasteiger partial charge >= 0.3 is 16.4 Å². The lowest BCUT2D eigenvalue weighted by atomic mass is 9.88. The molecule has 0 saturated carbocycles. The van der Waals surface area contributed by atoms with Gasteiger partial charge in [0.25, 0.3) is 5.79 Å². The maximum atomic E-state index is 13.3. The molecule has 0 aliphatic carbocycles. The van der Waals surface area contributed by atoms with E-state index in [9.17, 15) is 129 Å². The Kier molecular flexibility index (Phi) is 27.3. The molecule has 0 bridgehead atoms. The van der Waals surface area contributed by atoms with E-state index in [1.165, 1.54) is 13.8 Å². The molecule has 7 heterocycles. The number of ether oxygens (including phenoxy) is 13. The van der Waals surface area contributed by atoms with Crippen molar-refractivity contribution in [2.45, 2.75) is 261 Å². The van der Waals surface area contributed by atoms with Crippen LogP contribution in [0.1, 0.15) is 41.0 Å². The molecule has 0 aromatic heterocycles. The molecule has 0 aromatic carbocycles. The lowest BCUT2D eigenvalue weighted by Gasteiger charge is -2.51. The molecule has 0 aromatic rings. The molecule has 44 heteroatoms. The zero-order chi connectivity index (χ0) is 70.8. The minimum absolute atomic E-state index is 0.865. The average Bonchev–Trinajstić information content (AvgIpc) is 0.741. The number of aliphatic hydroxyl groups is 18. The Hall–Kier alpha value is -3.49. The molecule has 7 aliphatic heterocycles. The number of hydrogen-bond acceptors (Lipinski definition) is 38. The molecule has 0 radical (unpaired) electrons. The van der Waals surface area contributed by atoms with E-state index >= 15 is 0 Å². The number of aliphatic hydroxyl groups excluding tert-OH is 18. The Balaban J connectivity index is 1.23. The van der Waals surface area contributed by atoms with E-state index in [-0.39, 0.29) is 0 Å². The van der Waals surface area contributed by atoms with E-state index in [0.717, 1.165) is 20.8 Å². The van der Waals surface area contributed by atoms with Gasteiger partial charge in [0.05, 0.1) is 57.4 Å². The van der Waals surface area contributed by atoms with Crippen molar-refractivity contribution < 1.29 is 195 Å². The lowest BCUT2D eigenvalue weighted by Crippen LogP contribution is -2.71. The molecule has 7 fully saturated rings. The molecular weight excluding hydrogens is 1330 g/mol. The number of carbonyl (C=O) groups is 4. The Morgan fingerprint density at radius 1 is 0.505 bits per heavy atom. The van der Waals surface area contributed by atoms with Gasteiger partial charge in [-0.05, 0) is 13.8 Å². The predicted octanol–water partition coefficient (Wildman–Crippen LogP) is -14.8. The molecule has 7 saturated heterocycles. The Bertz CT molecular complexity index is 2650. The third kappa shape index (κ3) is 18.0. The zero-order valence-corrected chi connectivity index (χ0v) is 51.8. The first-order chi connectivity index (χ1) is 44.4. The lowest BCUT2D eigenvalue weighted by molar-refractivity contribution is -0.394. The van der Waals surface area contributed by atoms with Crippen molar-refractivity contribution in [2.75, 3.05) is 33.0 Å². The molecule has 3 amide bonds. The largest absolute Gasteiger partial charge is 0.477 e. The number of carbonyl (C=O) groups excluding carboxylic acids is 3. The van der Waals surface area contributed by atoms with Crippen molar-refractivity contribution >= 4 is 34.1 Å². The number of carboxylic acid groups (broad SMARTS) is 1. The van der Waals surface area contributed by atoms with E-state index in [2.05, 4.69) is 16.0 Å². The fraction of sp³-hybridized carbons (Fsp3) is 0.922. The van der Waals surface area contributed by atoms with Crippen LogP contribution in [0.15, 0.2) is 0 Å².